The van der Waals surface area contributed by atoms with Crippen LogP contribution in [-0.4, -0.2) is 69.5 Å². The Morgan fingerprint density at radius 2 is 2.06 bits per heavy atom. The van der Waals surface area contributed by atoms with E-state index in [1.165, 1.54) is 7.11 Å². The van der Waals surface area contributed by atoms with Crippen LogP contribution >= 0.6 is 7.82 Å². The van der Waals surface area contributed by atoms with Gasteiger partial charge in [-0.15, -0.1) is 0 Å². The highest BCUT2D eigenvalue weighted by Gasteiger charge is 2.47. The fourth-order valence-corrected chi connectivity index (χ4v) is 2.02. The summed E-state index contributed by atoms with van der Waals surface area (Å²) >= 11 is 0. The van der Waals surface area contributed by atoms with Crippen molar-refractivity contribution in [2.45, 2.75) is 30.5 Å². The van der Waals surface area contributed by atoms with Gasteiger partial charge in [-0.05, 0) is 0 Å². The molecule has 108 valence electrons. The first-order chi connectivity index (χ1) is 8.23. The molecule has 1 fully saturated rings. The monoisotopic (exact) mass is 288 g/mol. The SMILES string of the molecule is COC1(CO)C[C@@H](O)[C@H](O)[C@@H](COP(=O)(O)O)O1. The number of hydrogen-bond acceptors (Lipinski definition) is 7. The van der Waals surface area contributed by atoms with Gasteiger partial charge in [-0.3, -0.25) is 4.52 Å². The zero-order valence-electron chi connectivity index (χ0n) is 9.67. The number of aliphatic hydroxyl groups excluding tert-OH is 3. The lowest BCUT2D eigenvalue weighted by Crippen LogP contribution is -2.58. The van der Waals surface area contributed by atoms with Crippen molar-refractivity contribution < 1.29 is 43.7 Å². The van der Waals surface area contributed by atoms with E-state index in [2.05, 4.69) is 4.52 Å². The summed E-state index contributed by atoms with van der Waals surface area (Å²) in [4.78, 5) is 17.1. The number of hydrogen-bond donors (Lipinski definition) is 5. The molecule has 0 amide bonds. The smallest absolute Gasteiger partial charge is 0.391 e. The zero-order valence-corrected chi connectivity index (χ0v) is 10.6. The predicted octanol–water partition coefficient (Wildman–Crippen LogP) is -2.06. The normalized spacial score (nSPS) is 37.8. The first-order valence-electron chi connectivity index (χ1n) is 5.13. The van der Waals surface area contributed by atoms with Crippen molar-refractivity contribution in [1.29, 1.82) is 0 Å². The van der Waals surface area contributed by atoms with Gasteiger partial charge in [-0.25, -0.2) is 4.57 Å². The van der Waals surface area contributed by atoms with Crippen LogP contribution in [0.4, 0.5) is 0 Å². The Morgan fingerprint density at radius 3 is 2.50 bits per heavy atom. The van der Waals surface area contributed by atoms with Crippen molar-refractivity contribution in [3.8, 4) is 0 Å². The van der Waals surface area contributed by atoms with E-state index in [0.717, 1.165) is 0 Å². The molecule has 10 heteroatoms. The average molecular weight is 288 g/mol. The van der Waals surface area contributed by atoms with E-state index >= 15 is 0 Å². The Bertz CT molecular complexity index is 312. The molecule has 1 rings (SSSR count). The van der Waals surface area contributed by atoms with Gasteiger partial charge in [-0.1, -0.05) is 0 Å². The third kappa shape index (κ3) is 3.95. The molecular formula is C8H17O9P. The minimum absolute atomic E-state index is 0.173. The van der Waals surface area contributed by atoms with Gasteiger partial charge in [0.2, 0.25) is 0 Å². The van der Waals surface area contributed by atoms with Gasteiger partial charge in [-0.2, -0.15) is 0 Å². The van der Waals surface area contributed by atoms with Crippen LogP contribution in [0.25, 0.3) is 0 Å². The lowest BCUT2D eigenvalue weighted by atomic mass is 9.96. The van der Waals surface area contributed by atoms with E-state index in [1.807, 2.05) is 0 Å². The molecule has 0 aromatic heterocycles. The highest BCUT2D eigenvalue weighted by atomic mass is 31.2. The molecule has 0 aromatic rings. The largest absolute Gasteiger partial charge is 0.469 e. The lowest BCUT2D eigenvalue weighted by Gasteiger charge is -2.43. The Labute approximate surface area is 103 Å². The summed E-state index contributed by atoms with van der Waals surface area (Å²) in [5.74, 6) is -1.53. The fraction of sp³-hybridized carbons (Fsp3) is 1.00. The summed E-state index contributed by atoms with van der Waals surface area (Å²) in [7, 11) is -3.48. The third-order valence-electron chi connectivity index (χ3n) is 2.68. The summed E-state index contributed by atoms with van der Waals surface area (Å²) in [5.41, 5.74) is 0. The lowest BCUT2D eigenvalue weighted by molar-refractivity contribution is -0.324. The van der Waals surface area contributed by atoms with E-state index < -0.39 is 45.1 Å². The summed E-state index contributed by atoms with van der Waals surface area (Å²) < 4.78 is 24.9. The van der Waals surface area contributed by atoms with Crippen LogP contribution in [0.1, 0.15) is 6.42 Å². The van der Waals surface area contributed by atoms with Crippen LogP contribution in [0.2, 0.25) is 0 Å². The molecule has 4 atom stereocenters. The van der Waals surface area contributed by atoms with Crippen molar-refractivity contribution in [3.63, 3.8) is 0 Å². The molecular weight excluding hydrogens is 271 g/mol. The molecule has 9 nitrogen and oxygen atoms in total. The predicted molar refractivity (Wildman–Crippen MR) is 56.3 cm³/mol. The topological polar surface area (TPSA) is 146 Å². The molecule has 1 aliphatic rings. The zero-order chi connectivity index (χ0) is 14.0. The van der Waals surface area contributed by atoms with E-state index in [1.54, 1.807) is 0 Å². The minimum Gasteiger partial charge on any atom is -0.391 e. The van der Waals surface area contributed by atoms with Gasteiger partial charge in [0.1, 0.15) is 12.2 Å². The highest BCUT2D eigenvalue weighted by molar-refractivity contribution is 7.46. The molecule has 0 spiro atoms. The van der Waals surface area contributed by atoms with Crippen molar-refractivity contribution in [2.24, 2.45) is 0 Å². The highest BCUT2D eigenvalue weighted by Crippen LogP contribution is 2.38. The quantitative estimate of drug-likeness (QED) is 0.360. The van der Waals surface area contributed by atoms with Crippen LogP contribution in [0.5, 0.6) is 0 Å². The maximum absolute atomic E-state index is 10.6. The number of ether oxygens (including phenoxy) is 2. The van der Waals surface area contributed by atoms with Gasteiger partial charge >= 0.3 is 7.82 Å². The minimum atomic E-state index is -4.71. The Balaban J connectivity index is 2.73. The summed E-state index contributed by atoms with van der Waals surface area (Å²) in [6.07, 6.45) is -4.07. The third-order valence-corrected chi connectivity index (χ3v) is 3.17. The molecule has 0 saturated carbocycles. The number of phosphoric ester groups is 1. The number of methoxy groups -OCH3 is 1. The Kier molecular flexibility index (Phi) is 5.24. The van der Waals surface area contributed by atoms with Crippen LogP contribution < -0.4 is 0 Å². The van der Waals surface area contributed by atoms with Crippen molar-refractivity contribution in [3.05, 3.63) is 0 Å². The molecule has 1 heterocycles. The summed E-state index contributed by atoms with van der Waals surface area (Å²) in [6.45, 7) is -1.23. The molecule has 18 heavy (non-hydrogen) atoms. The molecule has 0 bridgehead atoms. The first-order valence-corrected chi connectivity index (χ1v) is 6.66. The molecule has 5 N–H and O–H groups in total. The Hall–Kier alpha value is -0.0900. The summed E-state index contributed by atoms with van der Waals surface area (Å²) in [5, 5.41) is 28.4. The molecule has 1 saturated heterocycles. The average Bonchev–Trinajstić information content (AvgIpc) is 2.30. The van der Waals surface area contributed by atoms with Crippen LogP contribution in [0, 0.1) is 0 Å². The number of phosphoric acid groups is 1. The van der Waals surface area contributed by atoms with E-state index in [0.29, 0.717) is 0 Å². The number of rotatable bonds is 5. The van der Waals surface area contributed by atoms with Crippen LogP contribution in [-0.2, 0) is 18.6 Å². The second-order valence-electron chi connectivity index (χ2n) is 3.98. The van der Waals surface area contributed by atoms with Gasteiger partial charge in [0.25, 0.3) is 0 Å². The molecule has 0 aliphatic carbocycles. The van der Waals surface area contributed by atoms with E-state index in [4.69, 9.17) is 24.4 Å². The molecule has 1 unspecified atom stereocenters. The second kappa shape index (κ2) is 5.91. The van der Waals surface area contributed by atoms with Gasteiger partial charge in [0.15, 0.2) is 5.79 Å². The van der Waals surface area contributed by atoms with Crippen molar-refractivity contribution in [1.82, 2.24) is 0 Å². The van der Waals surface area contributed by atoms with E-state index in [-0.39, 0.29) is 6.42 Å². The first kappa shape index (κ1) is 16.0. The van der Waals surface area contributed by atoms with Crippen LogP contribution in [0.3, 0.4) is 0 Å². The van der Waals surface area contributed by atoms with Gasteiger partial charge in [0, 0.05) is 13.5 Å². The summed E-state index contributed by atoms with van der Waals surface area (Å²) in [6, 6.07) is 0. The van der Waals surface area contributed by atoms with Crippen LogP contribution in [0.15, 0.2) is 0 Å². The number of aliphatic hydroxyl groups is 3. The maximum Gasteiger partial charge on any atom is 0.469 e. The molecule has 1 aliphatic heterocycles. The molecule has 0 aromatic carbocycles. The molecule has 0 radical (unpaired) electrons. The fourth-order valence-electron chi connectivity index (χ4n) is 1.68. The standard InChI is InChI=1S/C8H17O9P/c1-15-8(4-9)2-5(10)7(11)6(17-8)3-16-18(12,13)14/h5-7,9-11H,2-4H2,1H3,(H2,12,13,14)/t5-,6-,7+,8?/m1/s1. The van der Waals surface area contributed by atoms with Gasteiger partial charge in [0.05, 0.1) is 19.3 Å². The van der Waals surface area contributed by atoms with Gasteiger partial charge < -0.3 is 34.6 Å². The Morgan fingerprint density at radius 1 is 1.44 bits per heavy atom. The maximum atomic E-state index is 10.6. The second-order valence-corrected chi connectivity index (χ2v) is 5.22. The van der Waals surface area contributed by atoms with Crippen molar-refractivity contribution in [2.75, 3.05) is 20.3 Å². The van der Waals surface area contributed by atoms with Crippen molar-refractivity contribution >= 4 is 7.82 Å². The van der Waals surface area contributed by atoms with E-state index in [9.17, 15) is 14.8 Å².